The van der Waals surface area contributed by atoms with Crippen molar-refractivity contribution in [1.29, 1.82) is 0 Å². The third-order valence-electron chi connectivity index (χ3n) is 2.67. The minimum Gasteiger partial charge on any atom is -0.465 e. The summed E-state index contributed by atoms with van der Waals surface area (Å²) >= 11 is 0. The van der Waals surface area contributed by atoms with Gasteiger partial charge < -0.3 is 9.84 Å². The van der Waals surface area contributed by atoms with Gasteiger partial charge in [0.15, 0.2) is 0 Å². The Morgan fingerprint density at radius 3 is 2.67 bits per heavy atom. The number of likely N-dealkylation sites (N-methyl/N-ethyl adjacent to an activating group) is 1. The average molecular weight is 251 g/mol. The number of carbonyl (C=O) groups is 1. The topological polar surface area (TPSA) is 49.8 Å². The Kier molecular flexibility index (Phi) is 6.39. The number of aliphatic hydroxyl groups is 1. The molecule has 0 unspecified atom stereocenters. The van der Waals surface area contributed by atoms with E-state index < -0.39 is 6.10 Å². The van der Waals surface area contributed by atoms with Crippen molar-refractivity contribution in [3.8, 4) is 0 Å². The zero-order chi connectivity index (χ0) is 13.4. The Labute approximate surface area is 108 Å². The van der Waals surface area contributed by atoms with E-state index >= 15 is 0 Å². The lowest BCUT2D eigenvalue weighted by Gasteiger charge is -2.18. The minimum atomic E-state index is -0.490. The van der Waals surface area contributed by atoms with Crippen LogP contribution in [0.5, 0.6) is 0 Å². The van der Waals surface area contributed by atoms with E-state index in [4.69, 9.17) is 4.74 Å². The maximum Gasteiger partial charge on any atom is 0.320 e. The molecule has 1 N–H and O–H groups in total. The Morgan fingerprint density at radius 2 is 2.06 bits per heavy atom. The van der Waals surface area contributed by atoms with Crippen LogP contribution < -0.4 is 0 Å². The third-order valence-corrected chi connectivity index (χ3v) is 2.67. The lowest BCUT2D eigenvalue weighted by Crippen LogP contribution is -2.29. The molecular formula is C14H21NO3. The molecule has 0 radical (unpaired) electrons. The third kappa shape index (κ3) is 5.29. The molecule has 4 heteroatoms. The van der Waals surface area contributed by atoms with Crippen LogP contribution >= 0.6 is 0 Å². The molecule has 0 aliphatic rings. The van der Waals surface area contributed by atoms with Gasteiger partial charge in [0.2, 0.25) is 0 Å². The summed E-state index contributed by atoms with van der Waals surface area (Å²) < 4.78 is 4.86. The molecule has 100 valence electrons. The van der Waals surface area contributed by atoms with Gasteiger partial charge in [-0.3, -0.25) is 9.69 Å². The maximum atomic E-state index is 11.2. The highest BCUT2D eigenvalue weighted by atomic mass is 16.5. The van der Waals surface area contributed by atoms with Gasteiger partial charge in [0.1, 0.15) is 0 Å². The van der Waals surface area contributed by atoms with E-state index in [9.17, 15) is 9.90 Å². The first kappa shape index (κ1) is 14.7. The molecule has 1 rings (SSSR count). The highest BCUT2D eigenvalue weighted by molar-refractivity contribution is 5.71. The molecule has 1 atom stereocenters. The van der Waals surface area contributed by atoms with Crippen LogP contribution in [0.2, 0.25) is 0 Å². The van der Waals surface area contributed by atoms with Crippen LogP contribution in [0.15, 0.2) is 30.3 Å². The summed E-state index contributed by atoms with van der Waals surface area (Å²) in [7, 11) is 1.84. The van der Waals surface area contributed by atoms with Crippen molar-refractivity contribution in [1.82, 2.24) is 4.90 Å². The molecule has 0 saturated carbocycles. The Morgan fingerprint density at radius 1 is 1.39 bits per heavy atom. The Balaban J connectivity index is 2.30. The van der Waals surface area contributed by atoms with E-state index in [0.717, 1.165) is 5.56 Å². The van der Waals surface area contributed by atoms with Gasteiger partial charge in [0.05, 0.1) is 19.3 Å². The van der Waals surface area contributed by atoms with Gasteiger partial charge in [0.25, 0.3) is 0 Å². The van der Waals surface area contributed by atoms with Gasteiger partial charge in [-0.15, -0.1) is 0 Å². The smallest absolute Gasteiger partial charge is 0.320 e. The Hall–Kier alpha value is -1.39. The predicted molar refractivity (Wildman–Crippen MR) is 70.1 cm³/mol. The number of nitrogens with zero attached hydrogens (tertiary/aromatic N) is 1. The molecule has 0 saturated heterocycles. The fourth-order valence-corrected chi connectivity index (χ4v) is 1.69. The van der Waals surface area contributed by atoms with Crippen molar-refractivity contribution in [3.05, 3.63) is 35.9 Å². The normalized spacial score (nSPS) is 12.4. The molecule has 0 heterocycles. The summed E-state index contributed by atoms with van der Waals surface area (Å²) in [6, 6.07) is 9.52. The van der Waals surface area contributed by atoms with Crippen molar-refractivity contribution in [2.24, 2.45) is 0 Å². The van der Waals surface area contributed by atoms with Crippen LogP contribution in [0.3, 0.4) is 0 Å². The first-order valence-electron chi connectivity index (χ1n) is 6.20. The molecule has 0 aromatic heterocycles. The molecule has 4 nitrogen and oxygen atoms in total. The number of hydrogen-bond acceptors (Lipinski definition) is 4. The maximum absolute atomic E-state index is 11.2. The van der Waals surface area contributed by atoms with Crippen molar-refractivity contribution in [2.45, 2.75) is 19.4 Å². The fraction of sp³-hybridized carbons (Fsp3) is 0.500. The van der Waals surface area contributed by atoms with Gasteiger partial charge in [-0.1, -0.05) is 30.3 Å². The molecule has 18 heavy (non-hydrogen) atoms. The summed E-state index contributed by atoms with van der Waals surface area (Å²) in [5.41, 5.74) is 0.905. The number of benzene rings is 1. The molecule has 1 aromatic carbocycles. The van der Waals surface area contributed by atoms with Gasteiger partial charge in [-0.05, 0) is 26.0 Å². The molecule has 0 amide bonds. The van der Waals surface area contributed by atoms with Crippen LogP contribution in [-0.2, 0) is 9.53 Å². The van der Waals surface area contributed by atoms with E-state index in [1.165, 1.54) is 0 Å². The lowest BCUT2D eigenvalue weighted by atomic mass is 10.1. The zero-order valence-electron chi connectivity index (χ0n) is 11.0. The van der Waals surface area contributed by atoms with Crippen molar-refractivity contribution >= 4 is 5.97 Å². The predicted octanol–water partition coefficient (Wildman–Crippen LogP) is 1.61. The average Bonchev–Trinajstić information content (AvgIpc) is 2.37. The van der Waals surface area contributed by atoms with Gasteiger partial charge in [-0.2, -0.15) is 0 Å². The summed E-state index contributed by atoms with van der Waals surface area (Å²) in [6.45, 7) is 3.10. The second-order valence-electron chi connectivity index (χ2n) is 4.26. The Bertz CT molecular complexity index is 353. The molecule has 1 aromatic rings. The molecule has 0 aliphatic carbocycles. The van der Waals surface area contributed by atoms with Crippen LogP contribution in [0.25, 0.3) is 0 Å². The fourth-order valence-electron chi connectivity index (χ4n) is 1.69. The van der Waals surface area contributed by atoms with E-state index in [2.05, 4.69) is 0 Å². The summed E-state index contributed by atoms with van der Waals surface area (Å²) in [4.78, 5) is 13.1. The van der Waals surface area contributed by atoms with Crippen LogP contribution in [0, 0.1) is 0 Å². The van der Waals surface area contributed by atoms with Crippen molar-refractivity contribution in [2.75, 3.05) is 26.7 Å². The van der Waals surface area contributed by atoms with E-state index in [1.807, 2.05) is 42.3 Å². The molecular weight excluding hydrogens is 230 g/mol. The monoisotopic (exact) mass is 251 g/mol. The SMILES string of the molecule is CCOC(=O)CN(C)CC[C@H](O)c1ccccc1. The number of carbonyl (C=O) groups excluding carboxylic acids is 1. The van der Waals surface area contributed by atoms with E-state index in [1.54, 1.807) is 6.92 Å². The van der Waals surface area contributed by atoms with Crippen LogP contribution in [-0.4, -0.2) is 42.7 Å². The second-order valence-corrected chi connectivity index (χ2v) is 4.26. The quantitative estimate of drug-likeness (QED) is 0.748. The number of ether oxygens (including phenoxy) is 1. The summed E-state index contributed by atoms with van der Waals surface area (Å²) in [5, 5.41) is 9.96. The molecule has 0 aliphatic heterocycles. The molecule has 0 bridgehead atoms. The van der Waals surface area contributed by atoms with Gasteiger partial charge >= 0.3 is 5.97 Å². The zero-order valence-corrected chi connectivity index (χ0v) is 11.0. The van der Waals surface area contributed by atoms with Crippen molar-refractivity contribution < 1.29 is 14.6 Å². The van der Waals surface area contributed by atoms with Crippen LogP contribution in [0.4, 0.5) is 0 Å². The summed E-state index contributed by atoms with van der Waals surface area (Å²) in [6.07, 6.45) is 0.107. The van der Waals surface area contributed by atoms with Crippen LogP contribution in [0.1, 0.15) is 25.0 Å². The first-order valence-corrected chi connectivity index (χ1v) is 6.20. The second kappa shape index (κ2) is 7.84. The van der Waals surface area contributed by atoms with Gasteiger partial charge in [-0.25, -0.2) is 0 Å². The first-order chi connectivity index (χ1) is 8.63. The van der Waals surface area contributed by atoms with Gasteiger partial charge in [0, 0.05) is 6.54 Å². The molecule has 0 fully saturated rings. The lowest BCUT2D eigenvalue weighted by molar-refractivity contribution is -0.144. The minimum absolute atomic E-state index is 0.228. The summed E-state index contributed by atoms with van der Waals surface area (Å²) in [5.74, 6) is -0.228. The number of rotatable bonds is 7. The highest BCUT2D eigenvalue weighted by Crippen LogP contribution is 2.15. The number of hydrogen-bond donors (Lipinski definition) is 1. The largest absolute Gasteiger partial charge is 0.465 e. The highest BCUT2D eigenvalue weighted by Gasteiger charge is 2.11. The van der Waals surface area contributed by atoms with Crippen molar-refractivity contribution in [3.63, 3.8) is 0 Å². The van der Waals surface area contributed by atoms with E-state index in [-0.39, 0.29) is 12.5 Å². The number of esters is 1. The van der Waals surface area contributed by atoms with E-state index in [0.29, 0.717) is 19.6 Å². The molecule has 0 spiro atoms. The standard InChI is InChI=1S/C14H21NO3/c1-3-18-14(17)11-15(2)10-9-13(16)12-7-5-4-6-8-12/h4-8,13,16H,3,9-11H2,1-2H3/t13-/m0/s1. The number of aliphatic hydroxyl groups excluding tert-OH is 1.